The molecule has 0 bridgehead atoms. The van der Waals surface area contributed by atoms with Gasteiger partial charge >= 0.3 is 26.5 Å². The third kappa shape index (κ3) is 4.26. The predicted octanol–water partition coefficient (Wildman–Crippen LogP) is 4.56. The average Bonchev–Trinajstić information content (AvgIpc) is 2.52. The summed E-state index contributed by atoms with van der Waals surface area (Å²) in [6.45, 7) is 6.31. The maximum Gasteiger partial charge on any atom is 0.439 e. The zero-order chi connectivity index (χ0) is 23.2. The molecule has 13 heteroatoms. The van der Waals surface area contributed by atoms with Crippen molar-refractivity contribution in [2.24, 2.45) is 0 Å². The van der Waals surface area contributed by atoms with Crippen LogP contribution in [0.2, 0.25) is 0 Å². The van der Waals surface area contributed by atoms with Gasteiger partial charge in [0.15, 0.2) is 0 Å². The third-order valence-electron chi connectivity index (χ3n) is 4.27. The lowest BCUT2D eigenvalue weighted by molar-refractivity contribution is -0.245. The van der Waals surface area contributed by atoms with Crippen LogP contribution in [0, 0.1) is 0 Å². The first-order chi connectivity index (χ1) is 12.7. The van der Waals surface area contributed by atoms with Crippen molar-refractivity contribution in [2.45, 2.75) is 61.7 Å². The van der Waals surface area contributed by atoms with Crippen LogP contribution >= 0.6 is 0 Å². The minimum absolute atomic E-state index is 0.223. The molecule has 1 aromatic rings. The first kappa shape index (κ1) is 25.7. The molecule has 0 aliphatic rings. The fourth-order valence-electron chi connectivity index (χ4n) is 2.68. The van der Waals surface area contributed by atoms with Crippen LogP contribution in [0.1, 0.15) is 56.2 Å². The van der Waals surface area contributed by atoms with E-state index in [1.54, 1.807) is 27.7 Å². The Balaban J connectivity index is 3.67. The molecular formula is C16H20F6O5S2. The summed E-state index contributed by atoms with van der Waals surface area (Å²) in [4.78, 5) is 0. The van der Waals surface area contributed by atoms with Crippen molar-refractivity contribution in [2.75, 3.05) is 0 Å². The van der Waals surface area contributed by atoms with Gasteiger partial charge in [0, 0.05) is 0 Å². The van der Waals surface area contributed by atoms with Gasteiger partial charge in [-0.3, -0.25) is 4.55 Å². The van der Waals surface area contributed by atoms with E-state index in [2.05, 4.69) is 0 Å². The molecule has 1 aromatic carbocycles. The number of sulfone groups is 1. The molecule has 29 heavy (non-hydrogen) atoms. The van der Waals surface area contributed by atoms with E-state index in [0.29, 0.717) is 0 Å². The minimum Gasteiger partial charge on any atom is -0.281 e. The Morgan fingerprint density at radius 3 is 1.52 bits per heavy atom. The summed E-state index contributed by atoms with van der Waals surface area (Å²) in [6, 6.07) is 4.26. The third-order valence-corrected chi connectivity index (χ3v) is 6.88. The van der Waals surface area contributed by atoms with Crippen molar-refractivity contribution in [1.29, 1.82) is 0 Å². The number of halogens is 6. The molecule has 0 aliphatic carbocycles. The van der Waals surface area contributed by atoms with Gasteiger partial charge in [0.25, 0.3) is 0 Å². The molecule has 168 valence electrons. The Morgan fingerprint density at radius 2 is 1.21 bits per heavy atom. The SMILES string of the molecule is CC(C)c1cccc(C(C)C)c1CS(=O)(=O)C(F)(F)C(F)(F)C(F)(F)S(=O)(=O)O. The predicted molar refractivity (Wildman–Crippen MR) is 93.6 cm³/mol. The molecule has 0 aromatic heterocycles. The van der Waals surface area contributed by atoms with Crippen molar-refractivity contribution in [3.05, 3.63) is 34.9 Å². The summed E-state index contributed by atoms with van der Waals surface area (Å²) in [7, 11) is -13.4. The second kappa shape index (κ2) is 7.73. The Hall–Kier alpha value is -1.34. The monoisotopic (exact) mass is 470 g/mol. The first-order valence-corrected chi connectivity index (χ1v) is 11.3. The van der Waals surface area contributed by atoms with E-state index in [-0.39, 0.29) is 16.7 Å². The minimum atomic E-state index is -7.05. The van der Waals surface area contributed by atoms with E-state index in [1.807, 2.05) is 0 Å². The topological polar surface area (TPSA) is 88.5 Å². The Bertz CT molecular complexity index is 943. The Morgan fingerprint density at radius 1 is 0.828 bits per heavy atom. The molecule has 0 atom stereocenters. The fourth-order valence-corrected chi connectivity index (χ4v) is 4.61. The van der Waals surface area contributed by atoms with Gasteiger partial charge in [-0.05, 0) is 28.5 Å². The molecule has 0 fully saturated rings. The number of alkyl halides is 6. The normalized spacial score (nSPS) is 14.7. The van der Waals surface area contributed by atoms with E-state index >= 15 is 0 Å². The largest absolute Gasteiger partial charge is 0.439 e. The molecule has 1 N–H and O–H groups in total. The standard InChI is InChI=1S/C16H20F6O5S2/c1-9(2)11-6-5-7-12(10(3)4)13(11)8-28(23,24)15(19,20)14(17,18)16(21,22)29(25,26)27/h5-7,9-10H,8H2,1-4H3,(H,25,26,27). The van der Waals surface area contributed by atoms with Crippen LogP contribution in [-0.4, -0.2) is 37.8 Å². The van der Waals surface area contributed by atoms with Gasteiger partial charge in [0.2, 0.25) is 9.84 Å². The van der Waals surface area contributed by atoms with Crippen molar-refractivity contribution >= 4 is 20.0 Å². The Kier molecular flexibility index (Phi) is 6.85. The smallest absolute Gasteiger partial charge is 0.281 e. The van der Waals surface area contributed by atoms with E-state index in [1.165, 1.54) is 18.2 Å². The maximum atomic E-state index is 14.2. The van der Waals surface area contributed by atoms with Gasteiger partial charge in [0.1, 0.15) is 0 Å². The molecular weight excluding hydrogens is 450 g/mol. The molecule has 0 heterocycles. The molecule has 0 saturated carbocycles. The summed E-state index contributed by atoms with van der Waals surface area (Å²) in [5.41, 5.74) is 0.184. The van der Waals surface area contributed by atoms with Gasteiger partial charge in [0.05, 0.1) is 5.75 Å². The van der Waals surface area contributed by atoms with Crippen molar-refractivity contribution in [1.82, 2.24) is 0 Å². The molecule has 5 nitrogen and oxygen atoms in total. The van der Waals surface area contributed by atoms with Crippen molar-refractivity contribution < 1.29 is 47.7 Å². The zero-order valence-corrected chi connectivity index (χ0v) is 17.4. The highest BCUT2D eigenvalue weighted by Gasteiger charge is 2.81. The Labute approximate surface area is 164 Å². The molecule has 0 unspecified atom stereocenters. The second-order valence-electron chi connectivity index (χ2n) is 7.07. The van der Waals surface area contributed by atoms with E-state index in [4.69, 9.17) is 4.55 Å². The van der Waals surface area contributed by atoms with Gasteiger partial charge in [-0.1, -0.05) is 45.9 Å². The van der Waals surface area contributed by atoms with Gasteiger partial charge in [-0.2, -0.15) is 34.8 Å². The maximum absolute atomic E-state index is 14.2. The highest BCUT2D eigenvalue weighted by atomic mass is 32.2. The summed E-state index contributed by atoms with van der Waals surface area (Å²) < 4.78 is 136. The van der Waals surface area contributed by atoms with Crippen LogP contribution in [0.5, 0.6) is 0 Å². The lowest BCUT2D eigenvalue weighted by atomic mass is 9.90. The van der Waals surface area contributed by atoms with E-state index in [9.17, 15) is 43.2 Å². The lowest BCUT2D eigenvalue weighted by Crippen LogP contribution is -2.60. The summed E-state index contributed by atoms with van der Waals surface area (Å²) in [6.07, 6.45) is 0. The van der Waals surface area contributed by atoms with Gasteiger partial charge in [-0.15, -0.1) is 0 Å². The molecule has 0 aliphatic heterocycles. The van der Waals surface area contributed by atoms with Gasteiger partial charge in [-0.25, -0.2) is 8.42 Å². The highest BCUT2D eigenvalue weighted by molar-refractivity contribution is 7.92. The van der Waals surface area contributed by atoms with Crippen LogP contribution in [0.4, 0.5) is 26.3 Å². The molecule has 0 spiro atoms. The number of hydrogen-bond donors (Lipinski definition) is 1. The quantitative estimate of drug-likeness (QED) is 0.445. The summed E-state index contributed by atoms with van der Waals surface area (Å²) >= 11 is 0. The molecule has 0 radical (unpaired) electrons. The van der Waals surface area contributed by atoms with Gasteiger partial charge < -0.3 is 0 Å². The van der Waals surface area contributed by atoms with E-state index in [0.717, 1.165) is 0 Å². The number of rotatable bonds is 8. The molecule has 0 amide bonds. The molecule has 0 saturated heterocycles. The first-order valence-electron chi connectivity index (χ1n) is 8.16. The summed E-state index contributed by atoms with van der Waals surface area (Å²) in [5.74, 6) is -9.52. The van der Waals surface area contributed by atoms with Crippen LogP contribution in [-0.2, 0) is 25.7 Å². The van der Waals surface area contributed by atoms with Crippen molar-refractivity contribution in [3.8, 4) is 0 Å². The fraction of sp³-hybridized carbons (Fsp3) is 0.625. The van der Waals surface area contributed by atoms with E-state index < -0.39 is 54.0 Å². The highest BCUT2D eigenvalue weighted by Crippen LogP contribution is 2.51. The number of benzene rings is 1. The average molecular weight is 470 g/mol. The van der Waals surface area contributed by atoms with Crippen LogP contribution in [0.25, 0.3) is 0 Å². The van der Waals surface area contributed by atoms with Crippen molar-refractivity contribution in [3.63, 3.8) is 0 Å². The van der Waals surface area contributed by atoms with Crippen LogP contribution in [0.3, 0.4) is 0 Å². The number of hydrogen-bond acceptors (Lipinski definition) is 4. The zero-order valence-electron chi connectivity index (χ0n) is 15.8. The lowest BCUT2D eigenvalue weighted by Gasteiger charge is -2.31. The molecule has 1 rings (SSSR count). The van der Waals surface area contributed by atoms with Crippen LogP contribution < -0.4 is 0 Å². The summed E-state index contributed by atoms with van der Waals surface area (Å²) in [5, 5.41) is -13.2. The van der Waals surface area contributed by atoms with Crippen LogP contribution in [0.15, 0.2) is 18.2 Å². The second-order valence-corrected chi connectivity index (χ2v) is 10.6.